The molecule has 0 unspecified atom stereocenters. The van der Waals surface area contributed by atoms with E-state index < -0.39 is 15.7 Å². The number of halogens is 1. The zero-order valence-electron chi connectivity index (χ0n) is 12.9. The number of benzene rings is 2. The Balaban J connectivity index is 2.29. The Morgan fingerprint density at radius 1 is 1.13 bits per heavy atom. The highest BCUT2D eigenvalue weighted by atomic mass is 32.2. The molecule has 0 amide bonds. The molecule has 23 heavy (non-hydrogen) atoms. The molecule has 0 aliphatic heterocycles. The van der Waals surface area contributed by atoms with Gasteiger partial charge in [-0.1, -0.05) is 12.1 Å². The van der Waals surface area contributed by atoms with Gasteiger partial charge in [-0.2, -0.15) is 0 Å². The maximum absolute atomic E-state index is 13.2. The lowest BCUT2D eigenvalue weighted by atomic mass is 10.1. The van der Waals surface area contributed by atoms with Crippen LogP contribution in [0, 0.1) is 5.82 Å². The molecule has 0 bridgehead atoms. The molecular formula is C17H17FO4S. The molecule has 0 aromatic heterocycles. The second kappa shape index (κ2) is 6.91. The van der Waals surface area contributed by atoms with E-state index in [1.807, 2.05) is 0 Å². The predicted molar refractivity (Wildman–Crippen MR) is 85.7 cm³/mol. The van der Waals surface area contributed by atoms with Crippen molar-refractivity contribution in [3.63, 3.8) is 0 Å². The molecule has 0 N–H and O–H groups in total. The van der Waals surface area contributed by atoms with Crippen LogP contribution in [0.3, 0.4) is 0 Å². The maximum atomic E-state index is 13.2. The van der Waals surface area contributed by atoms with E-state index in [0.29, 0.717) is 22.4 Å². The van der Waals surface area contributed by atoms with Crippen LogP contribution in [0.5, 0.6) is 5.75 Å². The molecule has 0 heterocycles. The van der Waals surface area contributed by atoms with E-state index >= 15 is 0 Å². The normalized spacial score (nSPS) is 11.3. The standard InChI is InChI=1S/C17H17FO4S/c1-12(19)14-6-7-17(22-2)15(9-14)11-23(20,21)10-13-4-3-5-16(18)8-13/h3-9H,10-11H2,1-2H3. The fraction of sp³-hybridized carbons (Fsp3) is 0.235. The Bertz CT molecular complexity index is 828. The number of carbonyl (C=O) groups is 1. The molecule has 0 aliphatic carbocycles. The largest absolute Gasteiger partial charge is 0.496 e. The highest BCUT2D eigenvalue weighted by Gasteiger charge is 2.17. The minimum absolute atomic E-state index is 0.156. The van der Waals surface area contributed by atoms with Gasteiger partial charge in [0.1, 0.15) is 11.6 Å². The van der Waals surface area contributed by atoms with Gasteiger partial charge >= 0.3 is 0 Å². The van der Waals surface area contributed by atoms with E-state index in [4.69, 9.17) is 4.74 Å². The first kappa shape index (κ1) is 17.1. The Kier molecular flexibility index (Phi) is 5.15. The van der Waals surface area contributed by atoms with Crippen molar-refractivity contribution in [2.24, 2.45) is 0 Å². The van der Waals surface area contributed by atoms with E-state index in [9.17, 15) is 17.6 Å². The minimum atomic E-state index is -3.54. The monoisotopic (exact) mass is 336 g/mol. The fourth-order valence-electron chi connectivity index (χ4n) is 2.28. The summed E-state index contributed by atoms with van der Waals surface area (Å²) in [5.74, 6) is -0.797. The number of Topliss-reactive ketones (excluding diaryl/α,β-unsaturated/α-hetero) is 1. The lowest BCUT2D eigenvalue weighted by molar-refractivity contribution is 0.101. The van der Waals surface area contributed by atoms with Crippen molar-refractivity contribution >= 4 is 15.6 Å². The molecule has 0 saturated carbocycles. The third-order valence-electron chi connectivity index (χ3n) is 3.34. The van der Waals surface area contributed by atoms with Crippen LogP contribution in [0.15, 0.2) is 42.5 Å². The number of ketones is 1. The molecule has 4 nitrogen and oxygen atoms in total. The number of methoxy groups -OCH3 is 1. The van der Waals surface area contributed by atoms with Crippen LogP contribution in [0.1, 0.15) is 28.4 Å². The molecule has 2 aromatic carbocycles. The van der Waals surface area contributed by atoms with Gasteiger partial charge in [0.2, 0.25) is 0 Å². The number of carbonyl (C=O) groups excluding carboxylic acids is 1. The summed E-state index contributed by atoms with van der Waals surface area (Å²) in [6, 6.07) is 10.2. The summed E-state index contributed by atoms with van der Waals surface area (Å²) < 4.78 is 43.1. The smallest absolute Gasteiger partial charge is 0.159 e. The number of rotatable bonds is 6. The van der Waals surface area contributed by atoms with E-state index in [1.54, 1.807) is 18.2 Å². The highest BCUT2D eigenvalue weighted by Crippen LogP contribution is 2.24. The molecule has 0 aliphatic rings. The molecule has 0 radical (unpaired) electrons. The van der Waals surface area contributed by atoms with Gasteiger partial charge in [-0.3, -0.25) is 4.79 Å². The van der Waals surface area contributed by atoms with Gasteiger partial charge in [-0.25, -0.2) is 12.8 Å². The summed E-state index contributed by atoms with van der Waals surface area (Å²) in [6.45, 7) is 1.41. The number of hydrogen-bond acceptors (Lipinski definition) is 4. The van der Waals surface area contributed by atoms with Crippen molar-refractivity contribution in [3.05, 3.63) is 65.0 Å². The summed E-state index contributed by atoms with van der Waals surface area (Å²) in [5, 5.41) is 0. The van der Waals surface area contributed by atoms with E-state index in [2.05, 4.69) is 0 Å². The van der Waals surface area contributed by atoms with Crippen molar-refractivity contribution in [3.8, 4) is 5.75 Å². The zero-order valence-corrected chi connectivity index (χ0v) is 13.7. The minimum Gasteiger partial charge on any atom is -0.496 e. The van der Waals surface area contributed by atoms with E-state index in [0.717, 1.165) is 0 Å². The van der Waals surface area contributed by atoms with Crippen LogP contribution in [0.25, 0.3) is 0 Å². The predicted octanol–water partition coefficient (Wildman–Crippen LogP) is 3.15. The Morgan fingerprint density at radius 2 is 1.87 bits per heavy atom. The Labute approximate surface area is 134 Å². The van der Waals surface area contributed by atoms with Crippen molar-refractivity contribution < 1.29 is 22.3 Å². The Morgan fingerprint density at radius 3 is 2.48 bits per heavy atom. The molecule has 122 valence electrons. The van der Waals surface area contributed by atoms with Crippen LogP contribution in [0.2, 0.25) is 0 Å². The quantitative estimate of drug-likeness (QED) is 0.760. The van der Waals surface area contributed by atoms with Crippen molar-refractivity contribution in [1.82, 2.24) is 0 Å². The van der Waals surface area contributed by atoms with Crippen LogP contribution >= 0.6 is 0 Å². The fourth-order valence-corrected chi connectivity index (χ4v) is 3.77. The van der Waals surface area contributed by atoms with E-state index in [-0.39, 0.29) is 17.3 Å². The van der Waals surface area contributed by atoms with Crippen LogP contribution in [-0.4, -0.2) is 21.3 Å². The lowest BCUT2D eigenvalue weighted by Crippen LogP contribution is -2.09. The van der Waals surface area contributed by atoms with Gasteiger partial charge in [-0.15, -0.1) is 0 Å². The summed E-state index contributed by atoms with van der Waals surface area (Å²) >= 11 is 0. The third-order valence-corrected chi connectivity index (χ3v) is 4.86. The second-order valence-electron chi connectivity index (χ2n) is 5.24. The molecule has 0 fully saturated rings. The number of hydrogen-bond donors (Lipinski definition) is 0. The summed E-state index contributed by atoms with van der Waals surface area (Å²) in [4.78, 5) is 11.5. The zero-order chi connectivity index (χ0) is 17.0. The molecule has 0 spiro atoms. The van der Waals surface area contributed by atoms with Crippen molar-refractivity contribution in [1.29, 1.82) is 0 Å². The van der Waals surface area contributed by atoms with Gasteiger partial charge in [0.25, 0.3) is 0 Å². The van der Waals surface area contributed by atoms with Gasteiger partial charge in [0, 0.05) is 11.1 Å². The average molecular weight is 336 g/mol. The molecule has 0 atom stereocenters. The molecule has 2 rings (SSSR count). The number of sulfone groups is 1. The van der Waals surface area contributed by atoms with Crippen LogP contribution in [0.4, 0.5) is 4.39 Å². The van der Waals surface area contributed by atoms with Crippen molar-refractivity contribution in [2.75, 3.05) is 7.11 Å². The van der Waals surface area contributed by atoms with E-state index in [1.165, 1.54) is 38.3 Å². The van der Waals surface area contributed by atoms with Crippen molar-refractivity contribution in [2.45, 2.75) is 18.4 Å². The van der Waals surface area contributed by atoms with Gasteiger partial charge in [-0.05, 0) is 42.8 Å². The van der Waals surface area contributed by atoms with Crippen LogP contribution < -0.4 is 4.74 Å². The molecule has 0 saturated heterocycles. The highest BCUT2D eigenvalue weighted by molar-refractivity contribution is 7.89. The summed E-state index contributed by atoms with van der Waals surface area (Å²) in [7, 11) is -2.10. The first-order valence-electron chi connectivity index (χ1n) is 6.93. The number of ether oxygens (including phenoxy) is 1. The van der Waals surface area contributed by atoms with Gasteiger partial charge < -0.3 is 4.74 Å². The van der Waals surface area contributed by atoms with Gasteiger partial charge in [0.05, 0.1) is 18.6 Å². The summed E-state index contributed by atoms with van der Waals surface area (Å²) in [5.41, 5.74) is 1.21. The van der Waals surface area contributed by atoms with Gasteiger partial charge in [0.15, 0.2) is 15.6 Å². The second-order valence-corrected chi connectivity index (χ2v) is 7.31. The Hall–Kier alpha value is -2.21. The molecular weight excluding hydrogens is 319 g/mol. The topological polar surface area (TPSA) is 60.4 Å². The lowest BCUT2D eigenvalue weighted by Gasteiger charge is -2.11. The summed E-state index contributed by atoms with van der Waals surface area (Å²) in [6.07, 6.45) is 0. The average Bonchev–Trinajstić information content (AvgIpc) is 2.46. The molecule has 6 heteroatoms. The molecule has 2 aromatic rings. The first-order valence-corrected chi connectivity index (χ1v) is 8.75. The third kappa shape index (κ3) is 4.63. The maximum Gasteiger partial charge on any atom is 0.159 e. The van der Waals surface area contributed by atoms with Crippen LogP contribution in [-0.2, 0) is 21.3 Å². The first-order chi connectivity index (χ1) is 10.8. The SMILES string of the molecule is COc1ccc(C(C)=O)cc1CS(=O)(=O)Cc1cccc(F)c1.